The highest BCUT2D eigenvalue weighted by molar-refractivity contribution is 5.88. The summed E-state index contributed by atoms with van der Waals surface area (Å²) in [6.07, 6.45) is 0. The summed E-state index contributed by atoms with van der Waals surface area (Å²) in [5, 5.41) is 3.97. The maximum atomic E-state index is 12.1. The van der Waals surface area contributed by atoms with Gasteiger partial charge >= 0.3 is 5.97 Å². The number of hydrogen-bond acceptors (Lipinski definition) is 5. The van der Waals surface area contributed by atoms with E-state index in [0.29, 0.717) is 23.7 Å². The van der Waals surface area contributed by atoms with Crippen molar-refractivity contribution < 1.29 is 14.1 Å². The van der Waals surface area contributed by atoms with E-state index in [-0.39, 0.29) is 11.9 Å². The molecule has 1 aromatic heterocycles. The Bertz CT molecular complexity index is 916. The van der Waals surface area contributed by atoms with E-state index in [4.69, 9.17) is 15.0 Å². The lowest BCUT2D eigenvalue weighted by Crippen LogP contribution is -2.13. The van der Waals surface area contributed by atoms with Crippen molar-refractivity contribution in [2.75, 3.05) is 12.3 Å². The summed E-state index contributed by atoms with van der Waals surface area (Å²) in [6, 6.07) is 15.8. The van der Waals surface area contributed by atoms with E-state index < -0.39 is 0 Å². The molecule has 0 saturated carbocycles. The molecule has 5 nitrogen and oxygen atoms in total. The topological polar surface area (TPSA) is 78.3 Å². The molecule has 0 aliphatic rings. The molecule has 0 saturated heterocycles. The van der Waals surface area contributed by atoms with Crippen LogP contribution in [0.2, 0.25) is 0 Å². The minimum Gasteiger partial charge on any atom is -0.466 e. The molecule has 2 N–H and O–H groups in total. The van der Waals surface area contributed by atoms with Crippen LogP contribution in [0.4, 0.5) is 5.69 Å². The van der Waals surface area contributed by atoms with Gasteiger partial charge in [0, 0.05) is 5.56 Å². The standard InChI is InChI=1S/C21H22N2O3/c1-4-25-21(24)13(2)16-10-11-17(15-8-6-5-7-9-15)18(12-16)20-19(22)14(3)23-26-20/h5-13H,4,22H2,1-3H3. The van der Waals surface area contributed by atoms with Crippen LogP contribution < -0.4 is 5.73 Å². The number of carbonyl (C=O) groups excluding carboxylic acids is 1. The van der Waals surface area contributed by atoms with Gasteiger partial charge in [0.25, 0.3) is 0 Å². The van der Waals surface area contributed by atoms with Crippen LogP contribution in [0.3, 0.4) is 0 Å². The van der Waals surface area contributed by atoms with E-state index >= 15 is 0 Å². The molecule has 1 unspecified atom stereocenters. The number of nitrogen functional groups attached to an aromatic ring is 1. The third kappa shape index (κ3) is 3.33. The number of hydrogen-bond donors (Lipinski definition) is 1. The number of rotatable bonds is 5. The summed E-state index contributed by atoms with van der Waals surface area (Å²) in [6.45, 7) is 5.78. The first kappa shape index (κ1) is 17.7. The quantitative estimate of drug-likeness (QED) is 0.682. The van der Waals surface area contributed by atoms with E-state index in [1.54, 1.807) is 13.8 Å². The number of benzene rings is 2. The van der Waals surface area contributed by atoms with Gasteiger partial charge in [0.15, 0.2) is 5.76 Å². The Morgan fingerprint density at radius 2 is 1.92 bits per heavy atom. The van der Waals surface area contributed by atoms with Crippen molar-refractivity contribution in [2.45, 2.75) is 26.7 Å². The Kier molecular flexibility index (Phi) is 5.07. The summed E-state index contributed by atoms with van der Waals surface area (Å²) in [7, 11) is 0. The SMILES string of the molecule is CCOC(=O)C(C)c1ccc(-c2ccccc2)c(-c2onc(C)c2N)c1. The third-order valence-electron chi connectivity index (χ3n) is 4.42. The zero-order valence-corrected chi connectivity index (χ0v) is 15.2. The van der Waals surface area contributed by atoms with Crippen molar-refractivity contribution in [1.29, 1.82) is 0 Å². The highest BCUT2D eigenvalue weighted by atomic mass is 16.5. The Hall–Kier alpha value is -3.08. The van der Waals surface area contributed by atoms with Crippen LogP contribution in [0, 0.1) is 6.92 Å². The molecule has 0 aliphatic heterocycles. The highest BCUT2D eigenvalue weighted by Gasteiger charge is 2.21. The lowest BCUT2D eigenvalue weighted by molar-refractivity contribution is -0.144. The number of ether oxygens (including phenoxy) is 1. The number of nitrogens with two attached hydrogens (primary N) is 1. The van der Waals surface area contributed by atoms with Crippen LogP contribution in [0.25, 0.3) is 22.5 Å². The molecule has 0 radical (unpaired) electrons. The van der Waals surface area contributed by atoms with E-state index in [1.807, 2.05) is 55.5 Å². The number of aryl methyl sites for hydroxylation is 1. The van der Waals surface area contributed by atoms with Gasteiger partial charge < -0.3 is 15.0 Å². The normalized spacial score (nSPS) is 12.0. The van der Waals surface area contributed by atoms with Gasteiger partial charge in [-0.05, 0) is 43.5 Å². The van der Waals surface area contributed by atoms with Gasteiger partial charge in [-0.3, -0.25) is 4.79 Å². The second-order valence-electron chi connectivity index (χ2n) is 6.16. The highest BCUT2D eigenvalue weighted by Crippen LogP contribution is 2.38. The second-order valence-corrected chi connectivity index (χ2v) is 6.16. The summed E-state index contributed by atoms with van der Waals surface area (Å²) in [5.74, 6) is -0.129. The molecule has 26 heavy (non-hydrogen) atoms. The minimum atomic E-state index is -0.385. The van der Waals surface area contributed by atoms with Gasteiger partial charge in [-0.25, -0.2) is 0 Å². The van der Waals surface area contributed by atoms with Crippen molar-refractivity contribution in [2.24, 2.45) is 0 Å². The summed E-state index contributed by atoms with van der Waals surface area (Å²) < 4.78 is 10.6. The zero-order chi connectivity index (χ0) is 18.7. The lowest BCUT2D eigenvalue weighted by Gasteiger charge is -2.15. The smallest absolute Gasteiger partial charge is 0.313 e. The molecule has 0 amide bonds. The fraction of sp³-hybridized carbons (Fsp3) is 0.238. The predicted octanol–water partition coefficient (Wildman–Crippen LogP) is 4.57. The number of nitrogens with zero attached hydrogens (tertiary/aromatic N) is 1. The molecule has 1 atom stereocenters. The van der Waals surface area contributed by atoms with E-state index in [9.17, 15) is 4.79 Å². The third-order valence-corrected chi connectivity index (χ3v) is 4.42. The van der Waals surface area contributed by atoms with Gasteiger partial charge in [-0.1, -0.05) is 47.6 Å². The van der Waals surface area contributed by atoms with Gasteiger partial charge in [-0.2, -0.15) is 0 Å². The van der Waals surface area contributed by atoms with Crippen LogP contribution in [-0.4, -0.2) is 17.7 Å². The molecule has 0 aliphatic carbocycles. The zero-order valence-electron chi connectivity index (χ0n) is 15.2. The van der Waals surface area contributed by atoms with Crippen LogP contribution in [0.15, 0.2) is 53.1 Å². The van der Waals surface area contributed by atoms with Crippen LogP contribution in [0.1, 0.15) is 31.0 Å². The molecule has 3 rings (SSSR count). The van der Waals surface area contributed by atoms with Crippen LogP contribution in [-0.2, 0) is 9.53 Å². The van der Waals surface area contributed by atoms with Crippen molar-refractivity contribution in [3.63, 3.8) is 0 Å². The Morgan fingerprint density at radius 1 is 1.19 bits per heavy atom. The maximum absolute atomic E-state index is 12.1. The molecule has 0 spiro atoms. The fourth-order valence-corrected chi connectivity index (χ4v) is 2.86. The van der Waals surface area contributed by atoms with Crippen LogP contribution in [0.5, 0.6) is 0 Å². The Labute approximate surface area is 152 Å². The lowest BCUT2D eigenvalue weighted by atomic mass is 9.91. The molecule has 3 aromatic rings. The van der Waals surface area contributed by atoms with Crippen molar-refractivity contribution >= 4 is 11.7 Å². The molecular weight excluding hydrogens is 328 g/mol. The van der Waals surface area contributed by atoms with Gasteiger partial charge in [0.2, 0.25) is 0 Å². The van der Waals surface area contributed by atoms with Gasteiger partial charge in [0.1, 0.15) is 11.4 Å². The first-order valence-corrected chi connectivity index (χ1v) is 8.61. The average molecular weight is 350 g/mol. The van der Waals surface area contributed by atoms with Crippen LogP contribution >= 0.6 is 0 Å². The number of carbonyl (C=O) groups is 1. The predicted molar refractivity (Wildman–Crippen MR) is 102 cm³/mol. The van der Waals surface area contributed by atoms with E-state index in [0.717, 1.165) is 22.3 Å². The molecule has 1 heterocycles. The monoisotopic (exact) mass is 350 g/mol. The molecule has 5 heteroatoms. The largest absolute Gasteiger partial charge is 0.466 e. The second kappa shape index (κ2) is 7.44. The van der Waals surface area contributed by atoms with Crippen molar-refractivity contribution in [3.8, 4) is 22.5 Å². The number of anilines is 1. The number of esters is 1. The van der Waals surface area contributed by atoms with E-state index in [1.165, 1.54) is 0 Å². The van der Waals surface area contributed by atoms with Crippen molar-refractivity contribution in [1.82, 2.24) is 5.16 Å². The minimum absolute atomic E-state index is 0.257. The Morgan fingerprint density at radius 3 is 2.54 bits per heavy atom. The molecule has 0 fully saturated rings. The maximum Gasteiger partial charge on any atom is 0.313 e. The summed E-state index contributed by atoms with van der Waals surface area (Å²) in [4.78, 5) is 12.1. The van der Waals surface area contributed by atoms with Gasteiger partial charge in [0.05, 0.1) is 12.5 Å². The number of aromatic nitrogens is 1. The first-order valence-electron chi connectivity index (χ1n) is 8.61. The molecule has 0 bridgehead atoms. The van der Waals surface area contributed by atoms with Gasteiger partial charge in [-0.15, -0.1) is 0 Å². The Balaban J connectivity index is 2.15. The summed E-state index contributed by atoms with van der Waals surface area (Å²) in [5.41, 5.74) is 11.0. The summed E-state index contributed by atoms with van der Waals surface area (Å²) >= 11 is 0. The average Bonchev–Trinajstić information content (AvgIpc) is 3.00. The van der Waals surface area contributed by atoms with E-state index in [2.05, 4.69) is 5.16 Å². The fourth-order valence-electron chi connectivity index (χ4n) is 2.86. The molecule has 2 aromatic carbocycles. The first-order chi connectivity index (χ1) is 12.5. The molecule has 134 valence electrons. The van der Waals surface area contributed by atoms with Crippen molar-refractivity contribution in [3.05, 3.63) is 59.8 Å². The molecular formula is C21H22N2O3.